The van der Waals surface area contributed by atoms with Gasteiger partial charge in [-0.2, -0.15) is 0 Å². The molecule has 0 unspecified atom stereocenters. The SMILES string of the molecule is CNCCCC(=O)N1CCN(C(=O)c2cc3sccc3s2)CC1. The van der Waals surface area contributed by atoms with Crippen molar-refractivity contribution in [1.29, 1.82) is 0 Å². The van der Waals surface area contributed by atoms with E-state index in [0.717, 1.165) is 17.8 Å². The minimum absolute atomic E-state index is 0.0979. The van der Waals surface area contributed by atoms with Crippen molar-refractivity contribution >= 4 is 43.9 Å². The van der Waals surface area contributed by atoms with Crippen LogP contribution in [0.2, 0.25) is 0 Å². The minimum Gasteiger partial charge on any atom is -0.339 e. The molecular formula is C16H21N3O2S2. The Kier molecular flexibility index (Phi) is 5.30. The van der Waals surface area contributed by atoms with Gasteiger partial charge in [-0.1, -0.05) is 0 Å². The molecule has 2 amide bonds. The maximum Gasteiger partial charge on any atom is 0.264 e. The first-order valence-electron chi connectivity index (χ1n) is 7.87. The van der Waals surface area contributed by atoms with E-state index in [2.05, 4.69) is 11.4 Å². The number of nitrogens with zero attached hydrogens (tertiary/aromatic N) is 2. The topological polar surface area (TPSA) is 52.7 Å². The maximum atomic E-state index is 12.6. The number of fused-ring (bicyclic) bond motifs is 1. The van der Waals surface area contributed by atoms with Gasteiger partial charge in [0.15, 0.2) is 0 Å². The zero-order chi connectivity index (χ0) is 16.2. The van der Waals surface area contributed by atoms with Gasteiger partial charge in [-0.05, 0) is 37.5 Å². The highest BCUT2D eigenvalue weighted by atomic mass is 32.1. The average molecular weight is 351 g/mol. The summed E-state index contributed by atoms with van der Waals surface area (Å²) in [7, 11) is 1.89. The van der Waals surface area contributed by atoms with Crippen molar-refractivity contribution in [2.75, 3.05) is 39.8 Å². The second-order valence-corrected chi connectivity index (χ2v) is 7.67. The molecule has 2 aromatic rings. The Balaban J connectivity index is 1.53. The quantitative estimate of drug-likeness (QED) is 0.841. The molecule has 3 rings (SSSR count). The number of carbonyl (C=O) groups excluding carboxylic acids is 2. The number of nitrogens with one attached hydrogen (secondary N) is 1. The maximum absolute atomic E-state index is 12.6. The lowest BCUT2D eigenvalue weighted by atomic mass is 10.2. The third-order valence-electron chi connectivity index (χ3n) is 4.09. The second-order valence-electron chi connectivity index (χ2n) is 5.64. The molecule has 1 N–H and O–H groups in total. The van der Waals surface area contributed by atoms with Crippen molar-refractivity contribution < 1.29 is 9.59 Å². The Morgan fingerprint density at radius 3 is 2.61 bits per heavy atom. The second kappa shape index (κ2) is 7.42. The Labute approximate surface area is 143 Å². The lowest BCUT2D eigenvalue weighted by Crippen LogP contribution is -2.50. The van der Waals surface area contributed by atoms with Crippen LogP contribution in [0.3, 0.4) is 0 Å². The van der Waals surface area contributed by atoms with Crippen molar-refractivity contribution in [2.24, 2.45) is 0 Å². The van der Waals surface area contributed by atoms with Crippen LogP contribution in [0.25, 0.3) is 9.40 Å². The van der Waals surface area contributed by atoms with Crippen molar-refractivity contribution in [3.05, 3.63) is 22.4 Å². The molecule has 124 valence electrons. The van der Waals surface area contributed by atoms with E-state index < -0.39 is 0 Å². The zero-order valence-corrected chi connectivity index (χ0v) is 14.8. The Hall–Kier alpha value is -1.44. The predicted octanol–water partition coefficient (Wildman–Crippen LogP) is 2.25. The van der Waals surface area contributed by atoms with Gasteiger partial charge >= 0.3 is 0 Å². The summed E-state index contributed by atoms with van der Waals surface area (Å²) in [5.41, 5.74) is 0. The van der Waals surface area contributed by atoms with Crippen molar-refractivity contribution in [2.45, 2.75) is 12.8 Å². The van der Waals surface area contributed by atoms with Crippen LogP contribution in [0.5, 0.6) is 0 Å². The lowest BCUT2D eigenvalue weighted by molar-refractivity contribution is -0.132. The molecule has 0 bridgehead atoms. The van der Waals surface area contributed by atoms with Gasteiger partial charge in [-0.3, -0.25) is 9.59 Å². The lowest BCUT2D eigenvalue weighted by Gasteiger charge is -2.34. The number of amides is 2. The summed E-state index contributed by atoms with van der Waals surface area (Å²) in [4.78, 5) is 29.2. The van der Waals surface area contributed by atoms with E-state index in [1.807, 2.05) is 28.3 Å². The molecule has 5 nitrogen and oxygen atoms in total. The van der Waals surface area contributed by atoms with Gasteiger partial charge in [0.1, 0.15) is 0 Å². The van der Waals surface area contributed by atoms with Crippen LogP contribution < -0.4 is 5.32 Å². The van der Waals surface area contributed by atoms with Crippen LogP contribution >= 0.6 is 22.7 Å². The standard InChI is InChI=1S/C16H21N3O2S2/c1-17-5-2-3-15(20)18-6-8-19(9-7-18)16(21)14-11-13-12(23-14)4-10-22-13/h4,10-11,17H,2-3,5-9H2,1H3. The van der Waals surface area contributed by atoms with Crippen molar-refractivity contribution in [3.63, 3.8) is 0 Å². The smallest absolute Gasteiger partial charge is 0.264 e. The highest BCUT2D eigenvalue weighted by molar-refractivity contribution is 7.27. The summed E-state index contributed by atoms with van der Waals surface area (Å²) in [6.07, 6.45) is 1.44. The number of piperazine rings is 1. The van der Waals surface area contributed by atoms with Crippen molar-refractivity contribution in [1.82, 2.24) is 15.1 Å². The number of thiophene rings is 2. The van der Waals surface area contributed by atoms with Gasteiger partial charge in [-0.15, -0.1) is 22.7 Å². The van der Waals surface area contributed by atoms with E-state index in [9.17, 15) is 9.59 Å². The number of rotatable bonds is 5. The molecule has 1 saturated heterocycles. The Bertz CT molecular complexity index is 658. The summed E-state index contributed by atoms with van der Waals surface area (Å²) >= 11 is 3.23. The monoisotopic (exact) mass is 351 g/mol. The molecular weight excluding hydrogens is 330 g/mol. The van der Waals surface area contributed by atoms with Crippen LogP contribution in [-0.4, -0.2) is 61.4 Å². The average Bonchev–Trinajstić information content (AvgIpc) is 3.16. The van der Waals surface area contributed by atoms with Gasteiger partial charge in [-0.25, -0.2) is 0 Å². The molecule has 23 heavy (non-hydrogen) atoms. The highest BCUT2D eigenvalue weighted by Crippen LogP contribution is 2.30. The third-order valence-corrected chi connectivity index (χ3v) is 6.17. The predicted molar refractivity (Wildman–Crippen MR) is 95.3 cm³/mol. The van der Waals surface area contributed by atoms with E-state index in [0.29, 0.717) is 32.6 Å². The first-order chi connectivity index (χ1) is 11.2. The first-order valence-corrected chi connectivity index (χ1v) is 9.57. The fourth-order valence-corrected chi connectivity index (χ4v) is 4.84. The molecule has 0 aromatic carbocycles. The number of hydrogen-bond acceptors (Lipinski definition) is 5. The number of carbonyl (C=O) groups is 2. The van der Waals surface area contributed by atoms with Crippen LogP contribution in [-0.2, 0) is 4.79 Å². The van der Waals surface area contributed by atoms with E-state index in [-0.39, 0.29) is 11.8 Å². The van der Waals surface area contributed by atoms with Crippen molar-refractivity contribution in [3.8, 4) is 0 Å². The summed E-state index contributed by atoms with van der Waals surface area (Å²) in [6, 6.07) is 4.05. The Morgan fingerprint density at radius 2 is 1.91 bits per heavy atom. The van der Waals surface area contributed by atoms with Crippen LogP contribution in [0, 0.1) is 0 Å². The number of hydrogen-bond donors (Lipinski definition) is 1. The summed E-state index contributed by atoms with van der Waals surface area (Å²) in [5.74, 6) is 0.296. The summed E-state index contributed by atoms with van der Waals surface area (Å²) < 4.78 is 2.35. The molecule has 1 fully saturated rings. The van der Waals surface area contributed by atoms with Crippen LogP contribution in [0.15, 0.2) is 17.5 Å². The van der Waals surface area contributed by atoms with Gasteiger partial charge < -0.3 is 15.1 Å². The molecule has 0 saturated carbocycles. The van der Waals surface area contributed by atoms with Crippen LogP contribution in [0.4, 0.5) is 0 Å². The molecule has 0 aliphatic carbocycles. The van der Waals surface area contributed by atoms with Gasteiger partial charge in [0.05, 0.1) is 4.88 Å². The molecule has 3 heterocycles. The normalized spacial score (nSPS) is 15.3. The fourth-order valence-electron chi connectivity index (χ4n) is 2.76. The van der Waals surface area contributed by atoms with E-state index in [4.69, 9.17) is 0 Å². The molecule has 7 heteroatoms. The van der Waals surface area contributed by atoms with E-state index in [1.165, 1.54) is 9.40 Å². The summed E-state index contributed by atoms with van der Waals surface area (Å²) in [5, 5.41) is 5.10. The molecule has 0 atom stereocenters. The molecule has 1 aliphatic heterocycles. The molecule has 1 aliphatic rings. The first kappa shape index (κ1) is 16.4. The minimum atomic E-state index is 0.0979. The summed E-state index contributed by atoms with van der Waals surface area (Å²) in [6.45, 7) is 3.40. The highest BCUT2D eigenvalue weighted by Gasteiger charge is 2.25. The molecule has 0 radical (unpaired) electrons. The molecule has 0 spiro atoms. The fraction of sp³-hybridized carbons (Fsp3) is 0.500. The zero-order valence-electron chi connectivity index (χ0n) is 13.2. The van der Waals surface area contributed by atoms with Crippen LogP contribution in [0.1, 0.15) is 22.5 Å². The Morgan fingerprint density at radius 1 is 1.17 bits per heavy atom. The van der Waals surface area contributed by atoms with Gasteiger partial charge in [0.25, 0.3) is 5.91 Å². The van der Waals surface area contributed by atoms with E-state index in [1.54, 1.807) is 22.7 Å². The molecule has 2 aromatic heterocycles. The van der Waals surface area contributed by atoms with Gasteiger partial charge in [0, 0.05) is 42.0 Å². The van der Waals surface area contributed by atoms with Gasteiger partial charge in [0.2, 0.25) is 5.91 Å². The largest absolute Gasteiger partial charge is 0.339 e. The van der Waals surface area contributed by atoms with E-state index >= 15 is 0 Å². The third kappa shape index (κ3) is 3.73.